The molecule has 500 valence electrons. The second-order valence-corrected chi connectivity index (χ2v) is 31.0. The van der Waals surface area contributed by atoms with Gasteiger partial charge in [-0.3, -0.25) is 0 Å². The standard InChI is InChI=1S/C105H62BN3/c1-2-27-63(28-3-1)64-53-55-65(56-54-64)107-93-59-57-79-74-36-11-22-48-88(74)104(83-43-17-6-31-69(83)70-32-7-18-44-84(70)104)98(79)101(93)106-100-95(107)61-66(108-90-50-24-13-38-76(90)77-39-14-25-51-91(77)108)62-96(100)109(92-52-26-40-78-73-35-10-21-47-87(73)103(97(78)92)81-41-15-4-29-67(81)68-30-5-16-42-82(68)103)94-60-58-80-75-37-12-23-49-89(75)105(99(80)102(94)106)85-45-19-8-33-71(85)72-34-9-20-46-86(72)105/h1-62H. The van der Waals surface area contributed by atoms with Gasteiger partial charge in [0.15, 0.2) is 0 Å². The molecule has 3 nitrogen and oxygen atoms in total. The summed E-state index contributed by atoms with van der Waals surface area (Å²) in [4.78, 5) is 5.55. The predicted molar refractivity (Wildman–Crippen MR) is 449 cm³/mol. The van der Waals surface area contributed by atoms with Crippen LogP contribution < -0.4 is 26.2 Å². The summed E-state index contributed by atoms with van der Waals surface area (Å²) in [6, 6.07) is 146. The summed E-state index contributed by atoms with van der Waals surface area (Å²) in [5.74, 6) is 0. The zero-order chi connectivity index (χ0) is 70.7. The van der Waals surface area contributed by atoms with Crippen molar-refractivity contribution in [2.75, 3.05) is 9.80 Å². The quantitative estimate of drug-likeness (QED) is 0.163. The Morgan fingerprint density at radius 3 is 0.917 bits per heavy atom. The van der Waals surface area contributed by atoms with Crippen molar-refractivity contribution in [3.05, 3.63) is 443 Å². The van der Waals surface area contributed by atoms with Crippen LogP contribution in [0.1, 0.15) is 66.8 Å². The molecule has 8 aliphatic rings. The first-order valence-electron chi connectivity index (χ1n) is 38.4. The molecule has 109 heavy (non-hydrogen) atoms. The third-order valence-corrected chi connectivity index (χ3v) is 26.6. The van der Waals surface area contributed by atoms with Crippen LogP contribution in [0.15, 0.2) is 376 Å². The molecule has 0 N–H and O–H groups in total. The van der Waals surface area contributed by atoms with E-state index in [-0.39, 0.29) is 0 Å². The summed E-state index contributed by atoms with van der Waals surface area (Å²) in [6.45, 7) is -0.392. The maximum Gasteiger partial charge on any atom is 0.253 e. The monoisotopic (exact) mass is 1380 g/mol. The molecular formula is C105H62BN3. The number of fused-ring (bicyclic) bond motifs is 39. The van der Waals surface area contributed by atoms with E-state index in [0.29, 0.717) is 0 Å². The average molecular weight is 1380 g/mol. The molecule has 0 amide bonds. The fourth-order valence-corrected chi connectivity index (χ4v) is 23.0. The van der Waals surface area contributed by atoms with Gasteiger partial charge in [-0.2, -0.15) is 0 Å². The minimum atomic E-state index is -0.758. The number of hydrogen-bond acceptors (Lipinski definition) is 2. The number of anilines is 6. The smallest absolute Gasteiger partial charge is 0.253 e. The lowest BCUT2D eigenvalue weighted by Gasteiger charge is -2.48. The molecule has 0 fully saturated rings. The molecule has 0 bridgehead atoms. The summed E-state index contributed by atoms with van der Waals surface area (Å²) in [5.41, 5.74) is 45.5. The zero-order valence-electron chi connectivity index (χ0n) is 59.2. The van der Waals surface area contributed by atoms with Crippen molar-refractivity contribution in [1.82, 2.24) is 4.57 Å². The van der Waals surface area contributed by atoms with Crippen molar-refractivity contribution in [2.24, 2.45) is 0 Å². The summed E-state index contributed by atoms with van der Waals surface area (Å²) in [6.07, 6.45) is 0. The van der Waals surface area contributed by atoms with Gasteiger partial charge >= 0.3 is 0 Å². The lowest BCUT2D eigenvalue weighted by molar-refractivity contribution is 0.791. The van der Waals surface area contributed by atoms with Gasteiger partial charge in [0.1, 0.15) is 0 Å². The highest BCUT2D eigenvalue weighted by Crippen LogP contribution is 2.69. The van der Waals surface area contributed by atoms with Gasteiger partial charge in [0.25, 0.3) is 6.71 Å². The number of nitrogens with zero attached hydrogens (tertiary/aromatic N) is 3. The molecule has 26 rings (SSSR count). The van der Waals surface area contributed by atoms with E-state index in [1.54, 1.807) is 0 Å². The Morgan fingerprint density at radius 2 is 0.505 bits per heavy atom. The van der Waals surface area contributed by atoms with Gasteiger partial charge in [-0.15, -0.1) is 0 Å². The Kier molecular flexibility index (Phi) is 11.2. The topological polar surface area (TPSA) is 11.4 Å². The minimum absolute atomic E-state index is 0.392. The molecule has 4 heteroatoms. The summed E-state index contributed by atoms with van der Waals surface area (Å²) >= 11 is 0. The maximum atomic E-state index is 2.83. The Bertz CT molecular complexity index is 6910. The van der Waals surface area contributed by atoms with E-state index in [0.717, 1.165) is 39.5 Å². The van der Waals surface area contributed by atoms with E-state index in [2.05, 4.69) is 390 Å². The maximum absolute atomic E-state index is 2.83. The van der Waals surface area contributed by atoms with Gasteiger partial charge in [0.05, 0.1) is 38.7 Å². The zero-order valence-corrected chi connectivity index (χ0v) is 59.2. The fraction of sp³-hybridized carbons (Fsp3) is 0.0286. The van der Waals surface area contributed by atoms with Gasteiger partial charge in [-0.25, -0.2) is 0 Å². The molecule has 0 atom stereocenters. The van der Waals surface area contributed by atoms with Gasteiger partial charge < -0.3 is 14.4 Å². The van der Waals surface area contributed by atoms with Crippen molar-refractivity contribution < 1.29 is 0 Å². The Hall–Kier alpha value is -13.8. The van der Waals surface area contributed by atoms with Crippen molar-refractivity contribution in [2.45, 2.75) is 16.2 Å². The molecule has 2 aliphatic heterocycles. The Morgan fingerprint density at radius 1 is 0.193 bits per heavy atom. The molecule has 18 aromatic rings. The second-order valence-electron chi connectivity index (χ2n) is 31.0. The van der Waals surface area contributed by atoms with Crippen molar-refractivity contribution in [3.63, 3.8) is 0 Å². The summed E-state index contributed by atoms with van der Waals surface area (Å²) < 4.78 is 2.58. The van der Waals surface area contributed by atoms with E-state index in [9.17, 15) is 0 Å². The highest BCUT2D eigenvalue weighted by atomic mass is 15.2. The van der Waals surface area contributed by atoms with Crippen LogP contribution in [0.2, 0.25) is 0 Å². The summed E-state index contributed by atoms with van der Waals surface area (Å²) in [5, 5.41) is 2.44. The van der Waals surface area contributed by atoms with E-state index >= 15 is 0 Å². The van der Waals surface area contributed by atoms with E-state index in [1.807, 2.05) is 0 Å². The van der Waals surface area contributed by atoms with Gasteiger partial charge in [0, 0.05) is 44.8 Å². The SMILES string of the molecule is c1ccc(-c2ccc(N3c4cc(-n5c6ccccc6c6ccccc65)cc5c4B(c4c3ccc3c4C4(c6ccccc6-c6ccccc64)c4ccccc4-3)c3c(ccc4c3C3(c6ccccc6-c6ccccc63)c3ccccc3-4)N5c3cccc4c3C3(c5ccccc5-c5ccccc53)c3ccccc3-4)cc2)cc1. The van der Waals surface area contributed by atoms with Crippen LogP contribution in [0.5, 0.6) is 0 Å². The lowest BCUT2D eigenvalue weighted by atomic mass is 9.30. The van der Waals surface area contributed by atoms with Crippen LogP contribution >= 0.6 is 0 Å². The van der Waals surface area contributed by atoms with E-state index < -0.39 is 23.0 Å². The van der Waals surface area contributed by atoms with Crippen molar-refractivity contribution in [3.8, 4) is 83.6 Å². The molecule has 6 aliphatic carbocycles. The number of benzene rings is 17. The first kappa shape index (κ1) is 58.5. The van der Waals surface area contributed by atoms with Crippen molar-refractivity contribution >= 4 is 79.0 Å². The van der Waals surface area contributed by atoms with Crippen molar-refractivity contribution in [1.29, 1.82) is 0 Å². The Labute approximate surface area is 631 Å². The van der Waals surface area contributed by atoms with Gasteiger partial charge in [0.2, 0.25) is 0 Å². The van der Waals surface area contributed by atoms with Crippen LogP contribution in [0.25, 0.3) is 105 Å². The van der Waals surface area contributed by atoms with Gasteiger partial charge in [-0.1, -0.05) is 322 Å². The van der Waals surface area contributed by atoms with Crippen LogP contribution in [0, 0.1) is 0 Å². The number of rotatable bonds is 4. The second kappa shape index (κ2) is 20.8. The molecule has 17 aromatic carbocycles. The first-order valence-corrected chi connectivity index (χ1v) is 38.4. The van der Waals surface area contributed by atoms with Crippen LogP contribution in [-0.2, 0) is 16.2 Å². The predicted octanol–water partition coefficient (Wildman–Crippen LogP) is 23.6. The van der Waals surface area contributed by atoms with Gasteiger partial charge in [-0.05, 0) is 210 Å². The number of hydrogen-bond donors (Lipinski definition) is 0. The minimum Gasteiger partial charge on any atom is -0.311 e. The third kappa shape index (κ3) is 6.88. The molecule has 1 aromatic heterocycles. The number of para-hydroxylation sites is 2. The fourth-order valence-electron chi connectivity index (χ4n) is 23.0. The molecule has 0 saturated carbocycles. The largest absolute Gasteiger partial charge is 0.311 e. The molecule has 0 unspecified atom stereocenters. The molecule has 0 radical (unpaired) electrons. The van der Waals surface area contributed by atoms with E-state index in [1.165, 1.54) is 183 Å². The van der Waals surface area contributed by atoms with E-state index in [4.69, 9.17) is 0 Å². The normalized spacial score (nSPS) is 15.0. The average Bonchev–Trinajstić information content (AvgIpc) is 1.55. The molecule has 3 heterocycles. The molecule has 3 spiro atoms. The number of aromatic nitrogens is 1. The summed E-state index contributed by atoms with van der Waals surface area (Å²) in [7, 11) is 0. The first-order chi connectivity index (χ1) is 54.1. The molecular weight excluding hydrogens is 1310 g/mol. The third-order valence-electron chi connectivity index (χ3n) is 26.6. The highest BCUT2D eigenvalue weighted by molar-refractivity contribution is 7.01. The Balaban J connectivity index is 0.894. The lowest BCUT2D eigenvalue weighted by Crippen LogP contribution is -2.64. The van der Waals surface area contributed by atoms with Crippen LogP contribution in [0.3, 0.4) is 0 Å². The van der Waals surface area contributed by atoms with Crippen LogP contribution in [-0.4, -0.2) is 11.3 Å². The van der Waals surface area contributed by atoms with Crippen LogP contribution in [0.4, 0.5) is 34.1 Å². The molecule has 0 saturated heterocycles. The highest BCUT2D eigenvalue weighted by Gasteiger charge is 2.61.